The lowest BCUT2D eigenvalue weighted by Crippen LogP contribution is -2.39. The van der Waals surface area contributed by atoms with Crippen molar-refractivity contribution in [3.63, 3.8) is 0 Å². The van der Waals surface area contributed by atoms with Crippen LogP contribution in [0.2, 0.25) is 0 Å². The zero-order valence-corrected chi connectivity index (χ0v) is 16.6. The quantitative estimate of drug-likeness (QED) is 0.524. The number of amides is 3. The van der Waals surface area contributed by atoms with Gasteiger partial charge in [0.05, 0.1) is 30.3 Å². The number of nitrogens with one attached hydrogen (secondary N) is 1. The van der Waals surface area contributed by atoms with Gasteiger partial charge in [-0.1, -0.05) is 0 Å². The molecule has 0 radical (unpaired) electrons. The molecule has 0 spiro atoms. The monoisotopic (exact) mass is 400 g/mol. The summed E-state index contributed by atoms with van der Waals surface area (Å²) in [6, 6.07) is 6.72. The largest absolute Gasteiger partial charge is 0.466 e. The van der Waals surface area contributed by atoms with Gasteiger partial charge in [0, 0.05) is 32.1 Å². The Labute approximate surface area is 169 Å². The Bertz CT molecular complexity index is 846. The Hall–Kier alpha value is -3.41. The molecule has 1 aromatic rings. The van der Waals surface area contributed by atoms with Crippen molar-refractivity contribution in [3.05, 3.63) is 23.8 Å². The van der Waals surface area contributed by atoms with Crippen LogP contribution < -0.4 is 10.2 Å². The lowest BCUT2D eigenvalue weighted by Gasteiger charge is -2.19. The van der Waals surface area contributed by atoms with Crippen LogP contribution in [0.1, 0.15) is 43.0 Å². The average molecular weight is 400 g/mol. The molecule has 29 heavy (non-hydrogen) atoms. The fraction of sp³-hybridized carbons (Fsp3) is 0.450. The minimum absolute atomic E-state index is 0.0127. The molecule has 3 amide bonds. The topological polar surface area (TPSA) is 120 Å². The van der Waals surface area contributed by atoms with E-state index in [1.165, 1.54) is 15.9 Å². The second kappa shape index (κ2) is 10.2. The lowest BCUT2D eigenvalue weighted by molar-refractivity contribution is -0.143. The van der Waals surface area contributed by atoms with Crippen molar-refractivity contribution >= 4 is 35.1 Å². The summed E-state index contributed by atoms with van der Waals surface area (Å²) >= 11 is 0. The van der Waals surface area contributed by atoms with Crippen molar-refractivity contribution in [2.75, 3.05) is 37.0 Å². The highest BCUT2D eigenvalue weighted by atomic mass is 16.5. The molecule has 0 atom stereocenters. The van der Waals surface area contributed by atoms with Crippen LogP contribution in [0.25, 0.3) is 0 Å². The number of anilines is 2. The number of esters is 1. The SMILES string of the molecule is CCOC(=O)CCN1CC(=O)N(C)c2ccc(NC(=O)CCCC#N)cc2C1=O. The van der Waals surface area contributed by atoms with Crippen LogP contribution in [0.3, 0.4) is 0 Å². The van der Waals surface area contributed by atoms with Crippen LogP contribution in [0.4, 0.5) is 11.4 Å². The Balaban J connectivity index is 2.20. The molecule has 1 aliphatic rings. The van der Waals surface area contributed by atoms with Crippen molar-refractivity contribution in [1.29, 1.82) is 5.26 Å². The van der Waals surface area contributed by atoms with Crippen LogP contribution in [0.5, 0.6) is 0 Å². The third kappa shape index (κ3) is 5.78. The number of ether oxygens (including phenoxy) is 1. The van der Waals surface area contributed by atoms with E-state index in [1.54, 1.807) is 26.1 Å². The van der Waals surface area contributed by atoms with Crippen molar-refractivity contribution in [1.82, 2.24) is 4.90 Å². The predicted octanol–water partition coefficient (Wildman–Crippen LogP) is 1.69. The van der Waals surface area contributed by atoms with Gasteiger partial charge in [0.2, 0.25) is 11.8 Å². The van der Waals surface area contributed by atoms with Crippen LogP contribution in [0, 0.1) is 11.3 Å². The minimum atomic E-state index is -0.441. The molecule has 0 fully saturated rings. The number of benzene rings is 1. The first-order valence-corrected chi connectivity index (χ1v) is 9.39. The number of hydrogen-bond donors (Lipinski definition) is 1. The first-order chi connectivity index (χ1) is 13.9. The molecule has 1 N–H and O–H groups in total. The van der Waals surface area contributed by atoms with E-state index in [4.69, 9.17) is 10.00 Å². The smallest absolute Gasteiger partial charge is 0.307 e. The Morgan fingerprint density at radius 1 is 1.28 bits per heavy atom. The van der Waals surface area contributed by atoms with Crippen LogP contribution >= 0.6 is 0 Å². The third-order valence-electron chi connectivity index (χ3n) is 4.44. The summed E-state index contributed by atoms with van der Waals surface area (Å²) in [5.74, 6) is -1.38. The highest BCUT2D eigenvalue weighted by Gasteiger charge is 2.30. The van der Waals surface area contributed by atoms with E-state index in [0.29, 0.717) is 24.2 Å². The molecule has 2 rings (SSSR count). The van der Waals surface area contributed by atoms with E-state index < -0.39 is 11.9 Å². The van der Waals surface area contributed by atoms with Crippen molar-refractivity contribution in [3.8, 4) is 6.07 Å². The Morgan fingerprint density at radius 2 is 2.03 bits per heavy atom. The maximum Gasteiger partial charge on any atom is 0.307 e. The number of carbonyl (C=O) groups excluding carboxylic acids is 4. The number of unbranched alkanes of at least 4 members (excludes halogenated alkanes) is 1. The van der Waals surface area contributed by atoms with Gasteiger partial charge in [-0.2, -0.15) is 5.26 Å². The first kappa shape index (κ1) is 21.9. The fourth-order valence-corrected chi connectivity index (χ4v) is 2.91. The zero-order chi connectivity index (χ0) is 21.4. The molecule has 0 saturated heterocycles. The highest BCUT2D eigenvalue weighted by Crippen LogP contribution is 2.28. The molecule has 154 valence electrons. The number of nitriles is 1. The van der Waals surface area contributed by atoms with Gasteiger partial charge in [-0.25, -0.2) is 0 Å². The second-order valence-corrected chi connectivity index (χ2v) is 6.53. The molecule has 9 heteroatoms. The summed E-state index contributed by atoms with van der Waals surface area (Å²) in [5.41, 5.74) is 1.12. The Kier molecular flexibility index (Phi) is 7.71. The fourth-order valence-electron chi connectivity index (χ4n) is 2.91. The van der Waals surface area contributed by atoms with E-state index in [9.17, 15) is 19.2 Å². The maximum atomic E-state index is 13.0. The standard InChI is InChI=1S/C20H24N4O5/c1-3-29-19(27)9-11-24-13-18(26)23(2)16-8-7-14(12-15(16)20(24)28)22-17(25)6-4-5-10-21/h7-8,12H,3-6,9,11,13H2,1-2H3,(H,22,25). The van der Waals surface area contributed by atoms with E-state index in [1.807, 2.05) is 6.07 Å². The number of likely N-dealkylation sites (N-methyl/N-ethyl adjacent to an activating group) is 1. The van der Waals surface area contributed by atoms with Gasteiger partial charge in [-0.05, 0) is 31.5 Å². The van der Waals surface area contributed by atoms with E-state index in [2.05, 4.69) is 5.32 Å². The number of carbonyl (C=O) groups is 4. The van der Waals surface area contributed by atoms with Crippen LogP contribution in [-0.4, -0.2) is 55.3 Å². The van der Waals surface area contributed by atoms with Crippen LogP contribution in [-0.2, 0) is 19.1 Å². The van der Waals surface area contributed by atoms with Crippen molar-refractivity contribution < 1.29 is 23.9 Å². The molecule has 1 heterocycles. The maximum absolute atomic E-state index is 13.0. The summed E-state index contributed by atoms with van der Waals surface area (Å²) in [6.45, 7) is 1.84. The van der Waals surface area contributed by atoms with E-state index in [-0.39, 0.29) is 49.9 Å². The summed E-state index contributed by atoms with van der Waals surface area (Å²) < 4.78 is 4.88. The molecular weight excluding hydrogens is 376 g/mol. The predicted molar refractivity (Wildman–Crippen MR) is 105 cm³/mol. The molecule has 0 aromatic heterocycles. The zero-order valence-electron chi connectivity index (χ0n) is 16.6. The minimum Gasteiger partial charge on any atom is -0.466 e. The molecule has 0 unspecified atom stereocenters. The van der Waals surface area contributed by atoms with Gasteiger partial charge in [-0.15, -0.1) is 0 Å². The first-order valence-electron chi connectivity index (χ1n) is 9.39. The summed E-state index contributed by atoms with van der Waals surface area (Å²) in [5, 5.41) is 11.3. The van der Waals surface area contributed by atoms with E-state index >= 15 is 0 Å². The third-order valence-corrected chi connectivity index (χ3v) is 4.44. The van der Waals surface area contributed by atoms with Crippen molar-refractivity contribution in [2.45, 2.75) is 32.6 Å². The van der Waals surface area contributed by atoms with Gasteiger partial charge in [0.25, 0.3) is 5.91 Å². The summed E-state index contributed by atoms with van der Waals surface area (Å²) in [4.78, 5) is 51.7. The highest BCUT2D eigenvalue weighted by molar-refractivity contribution is 6.10. The van der Waals surface area contributed by atoms with Gasteiger partial charge in [0.15, 0.2) is 0 Å². The van der Waals surface area contributed by atoms with E-state index in [0.717, 1.165) is 0 Å². The summed E-state index contributed by atoms with van der Waals surface area (Å²) in [6.07, 6.45) is 0.924. The molecular formula is C20H24N4O5. The van der Waals surface area contributed by atoms with Gasteiger partial charge in [-0.3, -0.25) is 19.2 Å². The normalized spacial score (nSPS) is 13.4. The van der Waals surface area contributed by atoms with Gasteiger partial charge >= 0.3 is 5.97 Å². The molecule has 0 saturated carbocycles. The number of rotatable bonds is 8. The second-order valence-electron chi connectivity index (χ2n) is 6.53. The molecule has 9 nitrogen and oxygen atoms in total. The van der Waals surface area contributed by atoms with Gasteiger partial charge < -0.3 is 19.9 Å². The Morgan fingerprint density at radius 3 is 2.72 bits per heavy atom. The molecule has 1 aromatic carbocycles. The van der Waals surface area contributed by atoms with Crippen LogP contribution in [0.15, 0.2) is 18.2 Å². The molecule has 0 bridgehead atoms. The number of fused-ring (bicyclic) bond motifs is 1. The summed E-state index contributed by atoms with van der Waals surface area (Å²) in [7, 11) is 1.57. The lowest BCUT2D eigenvalue weighted by atomic mass is 10.1. The van der Waals surface area contributed by atoms with Crippen molar-refractivity contribution in [2.24, 2.45) is 0 Å². The average Bonchev–Trinajstić information content (AvgIpc) is 2.77. The van der Waals surface area contributed by atoms with Gasteiger partial charge in [0.1, 0.15) is 6.54 Å². The number of hydrogen-bond acceptors (Lipinski definition) is 6. The molecule has 1 aliphatic heterocycles. The molecule has 0 aliphatic carbocycles. The number of nitrogens with zero attached hydrogens (tertiary/aromatic N) is 3.